The van der Waals surface area contributed by atoms with Gasteiger partial charge in [-0.1, -0.05) is 23.2 Å². The summed E-state index contributed by atoms with van der Waals surface area (Å²) in [7, 11) is -3.68. The van der Waals surface area contributed by atoms with Crippen LogP contribution in [0.3, 0.4) is 0 Å². The van der Waals surface area contributed by atoms with Gasteiger partial charge < -0.3 is 5.32 Å². The Morgan fingerprint density at radius 2 is 1.69 bits per heavy atom. The van der Waals surface area contributed by atoms with Crippen LogP contribution in [0.5, 0.6) is 0 Å². The van der Waals surface area contributed by atoms with Crippen molar-refractivity contribution in [3.8, 4) is 0 Å². The van der Waals surface area contributed by atoms with Gasteiger partial charge in [0.1, 0.15) is 5.84 Å². The zero-order valence-corrected chi connectivity index (χ0v) is 15.8. The molecule has 26 heavy (non-hydrogen) atoms. The molecule has 0 radical (unpaired) electrons. The third-order valence-corrected chi connectivity index (χ3v) is 5.51. The van der Waals surface area contributed by atoms with Gasteiger partial charge in [-0.25, -0.2) is 8.42 Å². The Bertz CT molecular complexity index is 953. The highest BCUT2D eigenvalue weighted by Crippen LogP contribution is 2.21. The first kappa shape index (κ1) is 18.7. The van der Waals surface area contributed by atoms with E-state index in [1.165, 1.54) is 42.5 Å². The maximum absolute atomic E-state index is 12.3. The zero-order chi connectivity index (χ0) is 18.7. The number of rotatable bonds is 4. The molecule has 0 unspecified atom stereocenters. The van der Waals surface area contributed by atoms with Gasteiger partial charge in [0.15, 0.2) is 0 Å². The van der Waals surface area contributed by atoms with Crippen molar-refractivity contribution < 1.29 is 13.2 Å². The van der Waals surface area contributed by atoms with E-state index in [4.69, 9.17) is 23.2 Å². The van der Waals surface area contributed by atoms with E-state index in [1.54, 1.807) is 0 Å². The van der Waals surface area contributed by atoms with Crippen molar-refractivity contribution in [2.24, 2.45) is 4.99 Å². The second-order valence-electron chi connectivity index (χ2n) is 5.67. The Kier molecular flexibility index (Phi) is 5.50. The van der Waals surface area contributed by atoms with Crippen LogP contribution in [0, 0.1) is 0 Å². The van der Waals surface area contributed by atoms with Crippen LogP contribution < -0.4 is 10.0 Å². The minimum Gasteiger partial charge on any atom is -0.322 e. The quantitative estimate of drug-likeness (QED) is 0.803. The van der Waals surface area contributed by atoms with Crippen molar-refractivity contribution in [3.63, 3.8) is 0 Å². The summed E-state index contributed by atoms with van der Waals surface area (Å²) in [5.74, 6) is 0.0728. The molecule has 0 spiro atoms. The number of anilines is 1. The third kappa shape index (κ3) is 4.55. The summed E-state index contributed by atoms with van der Waals surface area (Å²) in [6.07, 6.45) is 1.46. The lowest BCUT2D eigenvalue weighted by molar-refractivity contribution is 0.102. The average molecular weight is 412 g/mol. The number of amides is 1. The predicted molar refractivity (Wildman–Crippen MR) is 103 cm³/mol. The summed E-state index contributed by atoms with van der Waals surface area (Å²) in [5.41, 5.74) is 0.753. The summed E-state index contributed by atoms with van der Waals surface area (Å²) in [6.45, 7) is 0.635. The van der Waals surface area contributed by atoms with Crippen molar-refractivity contribution in [2.75, 3.05) is 11.9 Å². The second-order valence-corrected chi connectivity index (χ2v) is 8.23. The average Bonchev–Trinajstić information content (AvgIpc) is 3.06. The number of sulfonamides is 1. The molecule has 0 atom stereocenters. The summed E-state index contributed by atoms with van der Waals surface area (Å²) in [4.78, 5) is 16.4. The first-order valence-corrected chi connectivity index (χ1v) is 10.0. The number of nitrogens with one attached hydrogen (secondary N) is 2. The molecule has 1 aliphatic heterocycles. The van der Waals surface area contributed by atoms with E-state index in [1.807, 2.05) is 0 Å². The van der Waals surface area contributed by atoms with E-state index >= 15 is 0 Å². The molecular formula is C17H15Cl2N3O3S. The Labute approximate surface area is 161 Å². The Hall–Kier alpha value is -2.09. The number of amidine groups is 1. The van der Waals surface area contributed by atoms with Crippen LogP contribution in [-0.2, 0) is 10.0 Å². The third-order valence-electron chi connectivity index (χ3n) is 3.67. The zero-order valence-electron chi connectivity index (χ0n) is 13.5. The monoisotopic (exact) mass is 411 g/mol. The summed E-state index contributed by atoms with van der Waals surface area (Å²) in [5, 5.41) is 3.37. The van der Waals surface area contributed by atoms with Gasteiger partial charge in [-0.05, 0) is 48.9 Å². The van der Waals surface area contributed by atoms with E-state index in [2.05, 4.69) is 15.0 Å². The smallest absolute Gasteiger partial charge is 0.262 e. The molecule has 0 saturated carbocycles. The van der Waals surface area contributed by atoms with Crippen LogP contribution in [0.15, 0.2) is 52.4 Å². The molecule has 2 aromatic rings. The SMILES string of the molecule is O=C(Nc1ccc(S(=O)(=O)NC2=NCCC2)cc1)c1cc(Cl)cc(Cl)c1. The fourth-order valence-electron chi connectivity index (χ4n) is 2.44. The Balaban J connectivity index is 1.72. The topological polar surface area (TPSA) is 87.6 Å². The number of hydrogen-bond donors (Lipinski definition) is 2. The minimum absolute atomic E-state index is 0.0934. The van der Waals surface area contributed by atoms with Crippen LogP contribution in [0.2, 0.25) is 10.0 Å². The molecule has 1 amide bonds. The van der Waals surface area contributed by atoms with Gasteiger partial charge in [0, 0.05) is 34.3 Å². The highest BCUT2D eigenvalue weighted by atomic mass is 35.5. The van der Waals surface area contributed by atoms with Crippen LogP contribution in [0.25, 0.3) is 0 Å². The molecule has 136 valence electrons. The lowest BCUT2D eigenvalue weighted by atomic mass is 10.2. The molecule has 2 N–H and O–H groups in total. The van der Waals surface area contributed by atoms with Gasteiger partial charge in [-0.3, -0.25) is 14.5 Å². The van der Waals surface area contributed by atoms with Crippen molar-refractivity contribution in [3.05, 3.63) is 58.1 Å². The van der Waals surface area contributed by atoms with E-state index in [0.717, 1.165) is 6.42 Å². The molecule has 0 aromatic heterocycles. The standard InChI is InChI=1S/C17H15Cl2N3O3S/c18-12-8-11(9-13(19)10-12)17(23)21-14-3-5-15(6-4-14)26(24,25)22-16-2-1-7-20-16/h3-6,8-10H,1-2,7H2,(H,20,22)(H,21,23). The van der Waals surface area contributed by atoms with Crippen LogP contribution in [0.1, 0.15) is 23.2 Å². The van der Waals surface area contributed by atoms with Crippen LogP contribution >= 0.6 is 23.2 Å². The van der Waals surface area contributed by atoms with Crippen molar-refractivity contribution >= 4 is 50.7 Å². The summed E-state index contributed by atoms with van der Waals surface area (Å²) < 4.78 is 27.1. The molecule has 9 heteroatoms. The number of benzene rings is 2. The highest BCUT2D eigenvalue weighted by Gasteiger charge is 2.18. The molecule has 1 aliphatic rings. The lowest BCUT2D eigenvalue weighted by Gasteiger charge is -2.09. The number of carbonyl (C=O) groups excluding carboxylic acids is 1. The van der Waals surface area contributed by atoms with Gasteiger partial charge in [-0.2, -0.15) is 0 Å². The van der Waals surface area contributed by atoms with Gasteiger partial charge >= 0.3 is 0 Å². The van der Waals surface area contributed by atoms with Crippen molar-refractivity contribution in [1.29, 1.82) is 0 Å². The van der Waals surface area contributed by atoms with E-state index in [0.29, 0.717) is 40.1 Å². The number of carbonyl (C=O) groups is 1. The molecule has 6 nitrogen and oxygen atoms in total. The van der Waals surface area contributed by atoms with E-state index < -0.39 is 15.9 Å². The van der Waals surface area contributed by atoms with Crippen molar-refractivity contribution in [2.45, 2.75) is 17.7 Å². The Morgan fingerprint density at radius 1 is 1.04 bits per heavy atom. The summed E-state index contributed by atoms with van der Waals surface area (Å²) >= 11 is 11.8. The molecule has 0 fully saturated rings. The fraction of sp³-hybridized carbons (Fsp3) is 0.176. The lowest BCUT2D eigenvalue weighted by Crippen LogP contribution is -2.29. The normalized spacial score (nSPS) is 14.0. The molecule has 0 saturated heterocycles. The first-order chi connectivity index (χ1) is 12.3. The maximum Gasteiger partial charge on any atom is 0.262 e. The maximum atomic E-state index is 12.3. The molecule has 0 aliphatic carbocycles. The fourth-order valence-corrected chi connectivity index (χ4v) is 4.06. The summed E-state index contributed by atoms with van der Waals surface area (Å²) in [6, 6.07) is 10.4. The number of aliphatic imine (C=N–C) groups is 1. The van der Waals surface area contributed by atoms with Crippen molar-refractivity contribution in [1.82, 2.24) is 4.72 Å². The highest BCUT2D eigenvalue weighted by molar-refractivity contribution is 7.90. The van der Waals surface area contributed by atoms with Gasteiger partial charge in [0.25, 0.3) is 15.9 Å². The molecule has 1 heterocycles. The van der Waals surface area contributed by atoms with Crippen LogP contribution in [-0.4, -0.2) is 26.7 Å². The number of hydrogen-bond acceptors (Lipinski definition) is 4. The number of halogens is 2. The molecular weight excluding hydrogens is 397 g/mol. The van der Waals surface area contributed by atoms with E-state index in [-0.39, 0.29) is 4.90 Å². The predicted octanol–water partition coefficient (Wildman–Crippen LogP) is 3.72. The largest absolute Gasteiger partial charge is 0.322 e. The van der Waals surface area contributed by atoms with E-state index in [9.17, 15) is 13.2 Å². The number of nitrogens with zero attached hydrogens (tertiary/aromatic N) is 1. The Morgan fingerprint density at radius 3 is 2.27 bits per heavy atom. The molecule has 3 rings (SSSR count). The van der Waals surface area contributed by atoms with Crippen LogP contribution in [0.4, 0.5) is 5.69 Å². The minimum atomic E-state index is -3.68. The first-order valence-electron chi connectivity index (χ1n) is 7.77. The van der Waals surface area contributed by atoms with Gasteiger partial charge in [0.2, 0.25) is 0 Å². The van der Waals surface area contributed by atoms with Gasteiger partial charge in [-0.15, -0.1) is 0 Å². The second kappa shape index (κ2) is 7.65. The van der Waals surface area contributed by atoms with Gasteiger partial charge in [0.05, 0.1) is 4.90 Å². The molecule has 2 aromatic carbocycles. The molecule has 0 bridgehead atoms.